The molecule has 1 aliphatic carbocycles. The summed E-state index contributed by atoms with van der Waals surface area (Å²) in [5.41, 5.74) is 5.67. The minimum atomic E-state index is 0.415. The van der Waals surface area contributed by atoms with Crippen LogP contribution in [0.5, 0.6) is 0 Å². The molecule has 182 valence electrons. The molecule has 0 radical (unpaired) electrons. The molecule has 2 aliphatic rings. The largest absolute Gasteiger partial charge is 0.423 e. The first-order valence-electron chi connectivity index (χ1n) is 12.3. The van der Waals surface area contributed by atoms with Crippen LogP contribution < -0.4 is 10.6 Å². The normalized spacial score (nSPS) is 16.3. The molecule has 6 rings (SSSR count). The zero-order valence-electron chi connectivity index (χ0n) is 20.0. The van der Waals surface area contributed by atoms with Gasteiger partial charge in [0.15, 0.2) is 5.58 Å². The zero-order valence-corrected chi connectivity index (χ0v) is 20.0. The molecule has 9 heteroatoms. The van der Waals surface area contributed by atoms with Gasteiger partial charge in [-0.05, 0) is 60.9 Å². The number of para-hydroxylation sites is 2. The van der Waals surface area contributed by atoms with Crippen molar-refractivity contribution in [3.63, 3.8) is 0 Å². The van der Waals surface area contributed by atoms with Gasteiger partial charge in [-0.3, -0.25) is 20.3 Å². The summed E-state index contributed by atoms with van der Waals surface area (Å²) in [5.74, 6) is 2.15. The van der Waals surface area contributed by atoms with E-state index in [1.54, 1.807) is 12.4 Å². The number of pyridine rings is 2. The second-order valence-corrected chi connectivity index (χ2v) is 9.09. The molecular weight excluding hydrogens is 452 g/mol. The van der Waals surface area contributed by atoms with Crippen molar-refractivity contribution in [2.45, 2.75) is 25.3 Å². The number of aliphatic imine (C=N–C) groups is 2. The van der Waals surface area contributed by atoms with Crippen molar-refractivity contribution in [1.82, 2.24) is 25.2 Å². The van der Waals surface area contributed by atoms with E-state index in [4.69, 9.17) is 9.41 Å². The number of nitrogens with zero attached hydrogens (tertiary/aromatic N) is 6. The number of benzene rings is 1. The van der Waals surface area contributed by atoms with Gasteiger partial charge in [0.05, 0.1) is 18.4 Å². The van der Waals surface area contributed by atoms with Crippen molar-refractivity contribution >= 4 is 41.2 Å². The molecule has 0 bridgehead atoms. The maximum absolute atomic E-state index is 5.79. The Kier molecular flexibility index (Phi) is 6.13. The zero-order chi connectivity index (χ0) is 24.3. The monoisotopic (exact) mass is 480 g/mol. The van der Waals surface area contributed by atoms with Crippen LogP contribution in [0.2, 0.25) is 0 Å². The van der Waals surface area contributed by atoms with Gasteiger partial charge in [-0.2, -0.15) is 4.98 Å². The van der Waals surface area contributed by atoms with Gasteiger partial charge in [-0.1, -0.05) is 12.1 Å². The highest BCUT2D eigenvalue weighted by atomic mass is 16.4. The van der Waals surface area contributed by atoms with Gasteiger partial charge in [0.1, 0.15) is 17.2 Å². The fraction of sp³-hybridized carbons (Fsp3) is 0.296. The number of oxazole rings is 1. The number of piperazine rings is 1. The van der Waals surface area contributed by atoms with Crippen LogP contribution in [0.25, 0.3) is 11.1 Å². The molecule has 1 saturated heterocycles. The summed E-state index contributed by atoms with van der Waals surface area (Å²) in [7, 11) is 0. The lowest BCUT2D eigenvalue weighted by atomic mass is 10.0. The molecule has 1 aliphatic heterocycles. The van der Waals surface area contributed by atoms with Crippen LogP contribution in [0, 0.1) is 0 Å². The molecule has 3 aromatic heterocycles. The van der Waals surface area contributed by atoms with E-state index in [9.17, 15) is 0 Å². The van der Waals surface area contributed by atoms with Gasteiger partial charge in [-0.25, -0.2) is 4.98 Å². The fourth-order valence-electron chi connectivity index (χ4n) is 4.59. The third-order valence-electron chi connectivity index (χ3n) is 6.55. The van der Waals surface area contributed by atoms with Crippen molar-refractivity contribution in [3.8, 4) is 0 Å². The molecule has 0 spiro atoms. The number of hydrogen-bond donors (Lipinski definition) is 2. The topological polar surface area (TPSA) is 104 Å². The van der Waals surface area contributed by atoms with Crippen LogP contribution in [-0.2, 0) is 6.54 Å². The SMILES string of the molecule is C=Nc1cncc(C2CC2)c1/C(=N\Cc1ccnc(Nc2nc3ccccc3o2)c1)N1CCNCC1. The summed E-state index contributed by atoms with van der Waals surface area (Å²) < 4.78 is 5.79. The Bertz CT molecular complexity index is 1390. The first-order chi connectivity index (χ1) is 17.8. The Morgan fingerprint density at radius 2 is 2.03 bits per heavy atom. The highest BCUT2D eigenvalue weighted by Gasteiger charge is 2.31. The molecule has 4 aromatic rings. The number of aromatic nitrogens is 3. The number of rotatable bonds is 7. The maximum atomic E-state index is 5.79. The number of nitrogens with one attached hydrogen (secondary N) is 2. The first kappa shape index (κ1) is 22.4. The summed E-state index contributed by atoms with van der Waals surface area (Å²) in [6.07, 6.45) is 7.91. The smallest absolute Gasteiger partial charge is 0.301 e. The second kappa shape index (κ2) is 9.87. The molecule has 0 atom stereocenters. The molecule has 1 aromatic carbocycles. The Morgan fingerprint density at radius 3 is 2.83 bits per heavy atom. The Balaban J connectivity index is 1.30. The second-order valence-electron chi connectivity index (χ2n) is 9.09. The van der Waals surface area contributed by atoms with Gasteiger partial charge < -0.3 is 14.6 Å². The van der Waals surface area contributed by atoms with Gasteiger partial charge in [-0.15, -0.1) is 0 Å². The molecule has 1 saturated carbocycles. The molecule has 2 fully saturated rings. The van der Waals surface area contributed by atoms with Crippen LogP contribution >= 0.6 is 0 Å². The van der Waals surface area contributed by atoms with Crippen LogP contribution in [-0.4, -0.2) is 58.6 Å². The van der Waals surface area contributed by atoms with Gasteiger partial charge in [0, 0.05) is 44.1 Å². The van der Waals surface area contributed by atoms with E-state index in [1.807, 2.05) is 42.6 Å². The van der Waals surface area contributed by atoms with E-state index in [0.29, 0.717) is 24.3 Å². The average Bonchev–Trinajstić information content (AvgIpc) is 3.69. The van der Waals surface area contributed by atoms with E-state index in [0.717, 1.165) is 59.9 Å². The minimum absolute atomic E-state index is 0.415. The Hall–Kier alpha value is -4.11. The number of fused-ring (bicyclic) bond motifs is 1. The van der Waals surface area contributed by atoms with Crippen molar-refractivity contribution in [3.05, 3.63) is 71.7 Å². The summed E-state index contributed by atoms with van der Waals surface area (Å²) in [6.45, 7) is 7.96. The first-order valence-corrected chi connectivity index (χ1v) is 12.3. The predicted molar refractivity (Wildman–Crippen MR) is 142 cm³/mol. The number of amidine groups is 1. The van der Waals surface area contributed by atoms with E-state index in [1.165, 1.54) is 18.4 Å². The molecule has 4 heterocycles. The van der Waals surface area contributed by atoms with Crippen LogP contribution in [0.4, 0.5) is 17.5 Å². The third kappa shape index (κ3) is 4.70. The minimum Gasteiger partial charge on any atom is -0.423 e. The molecule has 36 heavy (non-hydrogen) atoms. The van der Waals surface area contributed by atoms with Crippen molar-refractivity contribution in [1.29, 1.82) is 0 Å². The summed E-state index contributed by atoms with van der Waals surface area (Å²) in [4.78, 5) is 25.2. The molecule has 0 amide bonds. The highest BCUT2D eigenvalue weighted by molar-refractivity contribution is 6.04. The van der Waals surface area contributed by atoms with E-state index in [-0.39, 0.29) is 0 Å². The summed E-state index contributed by atoms with van der Waals surface area (Å²) in [5, 5.41) is 6.62. The van der Waals surface area contributed by atoms with Gasteiger partial charge >= 0.3 is 6.01 Å². The average molecular weight is 481 g/mol. The van der Waals surface area contributed by atoms with Gasteiger partial charge in [0.25, 0.3) is 0 Å². The fourth-order valence-corrected chi connectivity index (χ4v) is 4.59. The number of hydrogen-bond acceptors (Lipinski definition) is 8. The van der Waals surface area contributed by atoms with Crippen LogP contribution in [0.1, 0.15) is 35.4 Å². The molecule has 2 N–H and O–H groups in total. The van der Waals surface area contributed by atoms with Crippen molar-refractivity contribution in [2.75, 3.05) is 31.5 Å². The van der Waals surface area contributed by atoms with E-state index >= 15 is 0 Å². The standard InChI is InChI=1S/C27H28N8O/c1-28-22-17-30-16-20(19-6-7-19)25(22)26(35-12-10-29-11-13-35)32-15-18-8-9-31-24(14-18)34-27-33-21-4-2-3-5-23(21)36-27/h2-5,8-9,14,16-17,19,29H,1,6-7,10-13,15H2,(H,31,33,34)/b32-26+. The highest BCUT2D eigenvalue weighted by Crippen LogP contribution is 2.43. The molecular formula is C27H28N8O. The van der Waals surface area contributed by atoms with E-state index < -0.39 is 0 Å². The third-order valence-corrected chi connectivity index (χ3v) is 6.55. The predicted octanol–water partition coefficient (Wildman–Crippen LogP) is 4.42. The summed E-state index contributed by atoms with van der Waals surface area (Å²) >= 11 is 0. The van der Waals surface area contributed by atoms with Crippen LogP contribution in [0.3, 0.4) is 0 Å². The lowest BCUT2D eigenvalue weighted by molar-refractivity contribution is 0.357. The lowest BCUT2D eigenvalue weighted by Crippen LogP contribution is -2.47. The van der Waals surface area contributed by atoms with Crippen molar-refractivity contribution < 1.29 is 4.42 Å². The quantitative estimate of drug-likeness (QED) is 0.298. The Labute approximate surface area is 209 Å². The van der Waals surface area contributed by atoms with Gasteiger partial charge in [0.2, 0.25) is 0 Å². The Morgan fingerprint density at radius 1 is 1.17 bits per heavy atom. The van der Waals surface area contributed by atoms with Crippen molar-refractivity contribution in [2.24, 2.45) is 9.98 Å². The summed E-state index contributed by atoms with van der Waals surface area (Å²) in [6, 6.07) is 12.1. The number of anilines is 2. The molecule has 0 unspecified atom stereocenters. The maximum Gasteiger partial charge on any atom is 0.301 e. The van der Waals surface area contributed by atoms with Crippen LogP contribution in [0.15, 0.2) is 69.4 Å². The molecule has 9 nitrogen and oxygen atoms in total. The lowest BCUT2D eigenvalue weighted by Gasteiger charge is -2.32. The van der Waals surface area contributed by atoms with E-state index in [2.05, 4.69) is 42.2 Å².